The van der Waals surface area contributed by atoms with Crippen LogP contribution in [-0.2, 0) is 13.1 Å². The smallest absolute Gasteiger partial charge is 0.165 e. The Balaban J connectivity index is 1.62. The van der Waals surface area contributed by atoms with E-state index < -0.39 is 0 Å². The van der Waals surface area contributed by atoms with Crippen LogP contribution < -0.4 is 14.8 Å². The van der Waals surface area contributed by atoms with Crippen LogP contribution in [-0.4, -0.2) is 29.0 Å². The standard InChI is InChI=1S/C16H21N3O2/c1-13(12-19-8-3-7-18-19)17-11-14-5-2-6-15-16(14)21-10-4-9-20-15/h2-3,5-8,13,17H,4,9-12H2,1H3. The summed E-state index contributed by atoms with van der Waals surface area (Å²) in [6, 6.07) is 8.34. The lowest BCUT2D eigenvalue weighted by Crippen LogP contribution is -2.30. The largest absolute Gasteiger partial charge is 0.490 e. The Hall–Kier alpha value is -2.01. The van der Waals surface area contributed by atoms with E-state index in [0.29, 0.717) is 12.6 Å². The Labute approximate surface area is 124 Å². The van der Waals surface area contributed by atoms with Crippen LogP contribution >= 0.6 is 0 Å². The molecule has 2 aromatic rings. The second-order valence-electron chi connectivity index (χ2n) is 5.30. The summed E-state index contributed by atoms with van der Waals surface area (Å²) >= 11 is 0. The molecule has 1 aromatic heterocycles. The van der Waals surface area contributed by atoms with Crippen molar-refractivity contribution in [2.45, 2.75) is 32.5 Å². The first-order valence-electron chi connectivity index (χ1n) is 7.41. The molecule has 112 valence electrons. The first-order chi connectivity index (χ1) is 10.3. The van der Waals surface area contributed by atoms with E-state index in [1.165, 1.54) is 0 Å². The van der Waals surface area contributed by atoms with Gasteiger partial charge in [0.05, 0.1) is 19.8 Å². The molecule has 2 heterocycles. The van der Waals surface area contributed by atoms with Crippen LogP contribution in [0.4, 0.5) is 0 Å². The molecular weight excluding hydrogens is 266 g/mol. The molecule has 1 aliphatic rings. The summed E-state index contributed by atoms with van der Waals surface area (Å²) in [6.07, 6.45) is 4.70. The number of rotatable bonds is 5. The Morgan fingerprint density at radius 3 is 3.05 bits per heavy atom. The molecule has 1 aromatic carbocycles. The van der Waals surface area contributed by atoms with Gasteiger partial charge in [-0.05, 0) is 19.1 Å². The summed E-state index contributed by atoms with van der Waals surface area (Å²) in [5.74, 6) is 1.74. The monoisotopic (exact) mass is 287 g/mol. The predicted octanol–water partition coefficient (Wildman–Crippen LogP) is 2.22. The van der Waals surface area contributed by atoms with E-state index in [-0.39, 0.29) is 0 Å². The van der Waals surface area contributed by atoms with Gasteiger partial charge in [-0.25, -0.2) is 0 Å². The van der Waals surface area contributed by atoms with Crippen LogP contribution in [0.2, 0.25) is 0 Å². The third-order valence-corrected chi connectivity index (χ3v) is 3.51. The van der Waals surface area contributed by atoms with Crippen molar-refractivity contribution in [3.8, 4) is 11.5 Å². The van der Waals surface area contributed by atoms with Crippen LogP contribution in [0.25, 0.3) is 0 Å². The van der Waals surface area contributed by atoms with Gasteiger partial charge in [-0.1, -0.05) is 12.1 Å². The number of nitrogens with one attached hydrogen (secondary N) is 1. The number of fused-ring (bicyclic) bond motifs is 1. The molecular formula is C16H21N3O2. The normalized spacial score (nSPS) is 15.5. The zero-order valence-electron chi connectivity index (χ0n) is 12.3. The lowest BCUT2D eigenvalue weighted by Gasteiger charge is -2.16. The molecule has 0 aliphatic carbocycles. The quantitative estimate of drug-likeness (QED) is 0.916. The highest BCUT2D eigenvalue weighted by Crippen LogP contribution is 2.33. The Morgan fingerprint density at radius 2 is 2.19 bits per heavy atom. The minimum Gasteiger partial charge on any atom is -0.490 e. The lowest BCUT2D eigenvalue weighted by molar-refractivity contribution is 0.295. The third-order valence-electron chi connectivity index (χ3n) is 3.51. The van der Waals surface area contributed by atoms with Gasteiger partial charge in [0, 0.05) is 37.0 Å². The van der Waals surface area contributed by atoms with E-state index in [1.807, 2.05) is 29.1 Å². The van der Waals surface area contributed by atoms with Crippen molar-refractivity contribution in [2.75, 3.05) is 13.2 Å². The highest BCUT2D eigenvalue weighted by atomic mass is 16.5. The molecule has 3 rings (SSSR count). The highest BCUT2D eigenvalue weighted by molar-refractivity contribution is 5.47. The minimum atomic E-state index is 0.326. The van der Waals surface area contributed by atoms with Crippen LogP contribution in [0.1, 0.15) is 18.9 Å². The maximum absolute atomic E-state index is 5.84. The summed E-state index contributed by atoms with van der Waals surface area (Å²) in [5.41, 5.74) is 1.14. The van der Waals surface area contributed by atoms with Gasteiger partial charge in [-0.15, -0.1) is 0 Å². The van der Waals surface area contributed by atoms with Crippen molar-refractivity contribution in [3.63, 3.8) is 0 Å². The molecule has 0 radical (unpaired) electrons. The molecule has 1 unspecified atom stereocenters. The van der Waals surface area contributed by atoms with Crippen molar-refractivity contribution in [3.05, 3.63) is 42.2 Å². The topological polar surface area (TPSA) is 48.3 Å². The van der Waals surface area contributed by atoms with E-state index in [1.54, 1.807) is 6.20 Å². The van der Waals surface area contributed by atoms with Gasteiger partial charge in [0.25, 0.3) is 0 Å². The third kappa shape index (κ3) is 3.55. The molecule has 0 fully saturated rings. The Morgan fingerprint density at radius 1 is 1.29 bits per heavy atom. The number of hydrogen-bond donors (Lipinski definition) is 1. The Bertz CT molecular complexity index is 569. The predicted molar refractivity (Wildman–Crippen MR) is 80.6 cm³/mol. The van der Waals surface area contributed by atoms with Gasteiger partial charge in [0.15, 0.2) is 11.5 Å². The maximum atomic E-state index is 5.84. The zero-order valence-corrected chi connectivity index (χ0v) is 12.3. The van der Waals surface area contributed by atoms with Crippen LogP contribution in [0, 0.1) is 0 Å². The number of benzene rings is 1. The molecule has 1 atom stereocenters. The molecule has 0 spiro atoms. The number of hydrogen-bond acceptors (Lipinski definition) is 4. The van der Waals surface area contributed by atoms with E-state index >= 15 is 0 Å². The summed E-state index contributed by atoms with van der Waals surface area (Å²) in [6.45, 7) is 5.20. The summed E-state index contributed by atoms with van der Waals surface area (Å²) in [4.78, 5) is 0. The minimum absolute atomic E-state index is 0.326. The van der Waals surface area contributed by atoms with Gasteiger partial charge >= 0.3 is 0 Å². The molecule has 5 nitrogen and oxygen atoms in total. The van der Waals surface area contributed by atoms with Crippen LogP contribution in [0.5, 0.6) is 11.5 Å². The maximum Gasteiger partial charge on any atom is 0.165 e. The second-order valence-corrected chi connectivity index (χ2v) is 5.30. The Kier molecular flexibility index (Phi) is 4.40. The van der Waals surface area contributed by atoms with Gasteiger partial charge in [-0.3, -0.25) is 4.68 Å². The summed E-state index contributed by atoms with van der Waals surface area (Å²) < 4.78 is 13.5. The van der Waals surface area contributed by atoms with Gasteiger partial charge < -0.3 is 14.8 Å². The van der Waals surface area contributed by atoms with Crippen molar-refractivity contribution < 1.29 is 9.47 Å². The fourth-order valence-corrected chi connectivity index (χ4v) is 2.43. The fourth-order valence-electron chi connectivity index (χ4n) is 2.43. The van der Waals surface area contributed by atoms with Gasteiger partial charge in [0.1, 0.15) is 0 Å². The first-order valence-corrected chi connectivity index (χ1v) is 7.41. The number of aromatic nitrogens is 2. The van der Waals surface area contributed by atoms with Crippen LogP contribution in [0.15, 0.2) is 36.7 Å². The van der Waals surface area contributed by atoms with E-state index in [4.69, 9.17) is 9.47 Å². The van der Waals surface area contributed by atoms with Crippen molar-refractivity contribution in [2.24, 2.45) is 0 Å². The number of para-hydroxylation sites is 1. The number of ether oxygens (including phenoxy) is 2. The van der Waals surface area contributed by atoms with Crippen molar-refractivity contribution in [1.82, 2.24) is 15.1 Å². The zero-order chi connectivity index (χ0) is 14.5. The molecule has 5 heteroatoms. The molecule has 0 amide bonds. The summed E-state index contributed by atoms with van der Waals surface area (Å²) in [7, 11) is 0. The molecule has 21 heavy (non-hydrogen) atoms. The highest BCUT2D eigenvalue weighted by Gasteiger charge is 2.14. The average Bonchev–Trinajstić information content (AvgIpc) is 2.87. The van der Waals surface area contributed by atoms with Gasteiger partial charge in [0.2, 0.25) is 0 Å². The average molecular weight is 287 g/mol. The summed E-state index contributed by atoms with van der Waals surface area (Å²) in [5, 5.41) is 7.74. The van der Waals surface area contributed by atoms with Gasteiger partial charge in [-0.2, -0.15) is 5.10 Å². The van der Waals surface area contributed by atoms with Crippen LogP contribution in [0.3, 0.4) is 0 Å². The molecule has 0 bridgehead atoms. The van der Waals surface area contributed by atoms with Crippen molar-refractivity contribution in [1.29, 1.82) is 0 Å². The lowest BCUT2D eigenvalue weighted by atomic mass is 10.1. The molecule has 1 aliphatic heterocycles. The fraction of sp³-hybridized carbons (Fsp3) is 0.438. The molecule has 0 saturated carbocycles. The van der Waals surface area contributed by atoms with E-state index in [9.17, 15) is 0 Å². The first kappa shape index (κ1) is 13.9. The van der Waals surface area contributed by atoms with E-state index in [0.717, 1.165) is 43.2 Å². The SMILES string of the molecule is CC(Cn1cccn1)NCc1cccc2c1OCCCO2. The molecule has 0 saturated heterocycles. The second kappa shape index (κ2) is 6.63. The number of nitrogens with zero attached hydrogens (tertiary/aromatic N) is 2. The molecule has 1 N–H and O–H groups in total. The van der Waals surface area contributed by atoms with Crippen molar-refractivity contribution >= 4 is 0 Å². The van der Waals surface area contributed by atoms with E-state index in [2.05, 4.69) is 23.4 Å².